The highest BCUT2D eigenvalue weighted by Gasteiger charge is 2.45. The highest BCUT2D eigenvalue weighted by Crippen LogP contribution is 2.56. The topological polar surface area (TPSA) is 30.7 Å². The first-order valence-corrected chi connectivity index (χ1v) is 19.3. The number of hydrogen-bond acceptors (Lipinski definition) is 2. The van der Waals surface area contributed by atoms with E-state index in [0.29, 0.717) is 5.95 Å². The van der Waals surface area contributed by atoms with Crippen molar-refractivity contribution in [3.05, 3.63) is 222 Å². The highest BCUT2D eigenvalue weighted by atomic mass is 15.2. The summed E-state index contributed by atoms with van der Waals surface area (Å²) < 4.78 is 2.27. The summed E-state index contributed by atoms with van der Waals surface area (Å²) in [6.07, 6.45) is 0. The van der Waals surface area contributed by atoms with Gasteiger partial charge in [0.2, 0.25) is 5.95 Å². The largest absolute Gasteiger partial charge is 0.278 e. The average Bonchev–Trinajstić information content (AvgIpc) is 3.78. The van der Waals surface area contributed by atoms with Gasteiger partial charge in [-0.1, -0.05) is 182 Å². The third-order valence-corrected chi connectivity index (χ3v) is 12.1. The molecule has 3 heteroatoms. The molecule has 9 aromatic carbocycles. The maximum absolute atomic E-state index is 5.50. The van der Waals surface area contributed by atoms with Crippen LogP contribution in [0.3, 0.4) is 0 Å². The maximum atomic E-state index is 5.50. The number of para-hydroxylation sites is 1. The van der Waals surface area contributed by atoms with Crippen molar-refractivity contribution >= 4 is 54.3 Å². The molecule has 56 heavy (non-hydrogen) atoms. The van der Waals surface area contributed by atoms with Crippen LogP contribution in [0.4, 0.5) is 0 Å². The Bertz CT molecular complexity index is 3220. The molecule has 0 spiro atoms. The zero-order valence-corrected chi connectivity index (χ0v) is 30.4. The second kappa shape index (κ2) is 11.8. The Morgan fingerprint density at radius 1 is 0.375 bits per heavy atom. The van der Waals surface area contributed by atoms with Gasteiger partial charge in [-0.2, -0.15) is 0 Å². The van der Waals surface area contributed by atoms with E-state index in [1.54, 1.807) is 0 Å². The van der Waals surface area contributed by atoms with E-state index in [-0.39, 0.29) is 0 Å². The summed E-state index contributed by atoms with van der Waals surface area (Å²) in [6, 6.07) is 72.6. The average molecular weight is 712 g/mol. The first-order chi connectivity index (χ1) is 27.8. The molecule has 11 aromatic rings. The SMILES string of the molecule is c1ccc(C2(c3ccc(-c4nc(-n5c6ccc7ccccc7c6c6c7ccccc7ccc65)nc5ccccc45)cc3)c3ccccc3-c3ccccc32)cc1. The van der Waals surface area contributed by atoms with Gasteiger partial charge in [-0.15, -0.1) is 0 Å². The number of nitrogens with zero attached hydrogens (tertiary/aromatic N) is 3. The van der Waals surface area contributed by atoms with E-state index in [1.165, 1.54) is 65.7 Å². The van der Waals surface area contributed by atoms with Gasteiger partial charge < -0.3 is 0 Å². The summed E-state index contributed by atoms with van der Waals surface area (Å²) in [5, 5.41) is 8.35. The Morgan fingerprint density at radius 2 is 0.875 bits per heavy atom. The second-order valence-corrected chi connectivity index (χ2v) is 14.9. The van der Waals surface area contributed by atoms with E-state index in [0.717, 1.165) is 33.2 Å². The molecular formula is C53H33N3. The van der Waals surface area contributed by atoms with Crippen molar-refractivity contribution in [3.63, 3.8) is 0 Å². The molecule has 0 amide bonds. The van der Waals surface area contributed by atoms with E-state index < -0.39 is 5.41 Å². The molecule has 2 heterocycles. The minimum atomic E-state index is -0.458. The molecule has 0 atom stereocenters. The Balaban J connectivity index is 1.10. The molecule has 0 aliphatic heterocycles. The fraction of sp³-hybridized carbons (Fsp3) is 0.0189. The molecule has 0 fully saturated rings. The fourth-order valence-corrected chi connectivity index (χ4v) is 9.74. The minimum absolute atomic E-state index is 0.458. The Labute approximate surface area is 323 Å². The van der Waals surface area contributed by atoms with Crippen molar-refractivity contribution in [3.8, 4) is 28.3 Å². The molecule has 0 radical (unpaired) electrons. The van der Waals surface area contributed by atoms with Crippen molar-refractivity contribution in [2.24, 2.45) is 0 Å². The zero-order chi connectivity index (χ0) is 36.8. The molecule has 260 valence electrons. The molecule has 2 aromatic heterocycles. The van der Waals surface area contributed by atoms with Crippen LogP contribution in [-0.4, -0.2) is 14.5 Å². The lowest BCUT2D eigenvalue weighted by Crippen LogP contribution is -2.28. The van der Waals surface area contributed by atoms with Crippen molar-refractivity contribution < 1.29 is 0 Å². The van der Waals surface area contributed by atoms with Gasteiger partial charge in [-0.05, 0) is 73.1 Å². The number of benzene rings is 9. The second-order valence-electron chi connectivity index (χ2n) is 14.9. The molecule has 1 aliphatic rings. The van der Waals surface area contributed by atoms with Crippen LogP contribution in [-0.2, 0) is 5.41 Å². The van der Waals surface area contributed by atoms with Gasteiger partial charge in [-0.3, -0.25) is 4.57 Å². The summed E-state index contributed by atoms with van der Waals surface area (Å²) in [5.41, 5.74) is 12.3. The lowest BCUT2D eigenvalue weighted by atomic mass is 9.67. The smallest absolute Gasteiger partial charge is 0.235 e. The predicted octanol–water partition coefficient (Wildman–Crippen LogP) is 13.1. The van der Waals surface area contributed by atoms with Crippen LogP contribution in [0.2, 0.25) is 0 Å². The molecule has 0 saturated carbocycles. The molecule has 0 bridgehead atoms. The zero-order valence-electron chi connectivity index (χ0n) is 30.4. The van der Waals surface area contributed by atoms with Crippen LogP contribution in [0.1, 0.15) is 22.3 Å². The van der Waals surface area contributed by atoms with Crippen molar-refractivity contribution in [2.75, 3.05) is 0 Å². The summed E-state index contributed by atoms with van der Waals surface area (Å²) >= 11 is 0. The molecule has 12 rings (SSSR count). The van der Waals surface area contributed by atoms with E-state index in [2.05, 4.69) is 205 Å². The Hall–Kier alpha value is -7.36. The first-order valence-electron chi connectivity index (χ1n) is 19.3. The highest BCUT2D eigenvalue weighted by molar-refractivity contribution is 6.28. The standard InChI is InChI=1S/C53H33N3/c1-2-16-37(17-3-1)53(44-23-11-8-20-41(44)42-21-9-12-24-45(42)53)38-30-26-36(27-31-38)51-43-22-10-13-25-46(43)54-52(55-51)56-47-32-28-34-14-4-6-18-39(34)49(47)50-40-19-7-5-15-35(40)29-33-48(50)56/h1-33H. The number of hydrogen-bond donors (Lipinski definition) is 0. The van der Waals surface area contributed by atoms with E-state index in [4.69, 9.17) is 9.97 Å². The first kappa shape index (κ1) is 31.0. The molecule has 0 saturated heterocycles. The van der Waals surface area contributed by atoms with Gasteiger partial charge in [0.25, 0.3) is 0 Å². The molecule has 0 unspecified atom stereocenters. The normalized spacial score (nSPS) is 13.1. The summed E-state index contributed by atoms with van der Waals surface area (Å²) in [7, 11) is 0. The van der Waals surface area contributed by atoms with Gasteiger partial charge in [0.05, 0.1) is 27.7 Å². The Kier molecular flexibility index (Phi) is 6.55. The third-order valence-electron chi connectivity index (χ3n) is 12.1. The fourth-order valence-electron chi connectivity index (χ4n) is 9.74. The van der Waals surface area contributed by atoms with E-state index in [9.17, 15) is 0 Å². The van der Waals surface area contributed by atoms with Crippen molar-refractivity contribution in [1.82, 2.24) is 14.5 Å². The van der Waals surface area contributed by atoms with Crippen LogP contribution in [0.15, 0.2) is 200 Å². The Morgan fingerprint density at radius 3 is 1.50 bits per heavy atom. The van der Waals surface area contributed by atoms with E-state index >= 15 is 0 Å². The molecule has 1 aliphatic carbocycles. The lowest BCUT2D eigenvalue weighted by Gasteiger charge is -2.34. The van der Waals surface area contributed by atoms with Gasteiger partial charge in [0.15, 0.2) is 0 Å². The quantitative estimate of drug-likeness (QED) is 0.182. The molecular weight excluding hydrogens is 679 g/mol. The van der Waals surface area contributed by atoms with Gasteiger partial charge in [0.1, 0.15) is 0 Å². The summed E-state index contributed by atoms with van der Waals surface area (Å²) in [4.78, 5) is 10.8. The van der Waals surface area contributed by atoms with Crippen molar-refractivity contribution in [1.29, 1.82) is 0 Å². The molecule has 3 nitrogen and oxygen atoms in total. The molecule has 0 N–H and O–H groups in total. The maximum Gasteiger partial charge on any atom is 0.235 e. The van der Waals surface area contributed by atoms with Gasteiger partial charge in [0, 0.05) is 21.7 Å². The van der Waals surface area contributed by atoms with Crippen LogP contribution in [0.5, 0.6) is 0 Å². The monoisotopic (exact) mass is 711 g/mol. The van der Waals surface area contributed by atoms with Crippen LogP contribution in [0, 0.1) is 0 Å². The summed E-state index contributed by atoms with van der Waals surface area (Å²) in [6.45, 7) is 0. The van der Waals surface area contributed by atoms with Crippen LogP contribution < -0.4 is 0 Å². The summed E-state index contributed by atoms with van der Waals surface area (Å²) in [5.74, 6) is 0.660. The number of aromatic nitrogens is 3. The predicted molar refractivity (Wildman–Crippen MR) is 232 cm³/mol. The van der Waals surface area contributed by atoms with Crippen LogP contribution in [0.25, 0.3) is 82.6 Å². The van der Waals surface area contributed by atoms with E-state index in [1.807, 2.05) is 0 Å². The minimum Gasteiger partial charge on any atom is -0.278 e. The third kappa shape index (κ3) is 4.22. The number of rotatable bonds is 4. The van der Waals surface area contributed by atoms with Crippen LogP contribution >= 0.6 is 0 Å². The van der Waals surface area contributed by atoms with Crippen molar-refractivity contribution in [2.45, 2.75) is 5.41 Å². The lowest BCUT2D eigenvalue weighted by molar-refractivity contribution is 0.768. The number of fused-ring (bicyclic) bond motifs is 11. The van der Waals surface area contributed by atoms with Gasteiger partial charge in [-0.25, -0.2) is 9.97 Å². The van der Waals surface area contributed by atoms with Gasteiger partial charge >= 0.3 is 0 Å².